The van der Waals surface area contributed by atoms with Crippen LogP contribution in [0.5, 0.6) is 0 Å². The smallest absolute Gasteiger partial charge is 0.0789 e. The Morgan fingerprint density at radius 3 is 2.35 bits per heavy atom. The van der Waals surface area contributed by atoms with Crippen LogP contribution in [-0.2, 0) is 0 Å². The highest BCUT2D eigenvalue weighted by molar-refractivity contribution is 5.63. The molecule has 0 aliphatic rings. The Labute approximate surface area is 104 Å². The van der Waals surface area contributed by atoms with E-state index in [4.69, 9.17) is 0 Å². The minimum atomic E-state index is -0.761. The minimum absolute atomic E-state index is 0.0448. The number of aliphatic hydroxyl groups is 1. The molecular weight excluding hydrogens is 210 g/mol. The molecule has 0 saturated heterocycles. The maximum atomic E-state index is 9.88. The van der Waals surface area contributed by atoms with Gasteiger partial charge in [-0.3, -0.25) is 0 Å². The van der Waals surface area contributed by atoms with E-state index >= 15 is 0 Å². The van der Waals surface area contributed by atoms with Gasteiger partial charge in [0.05, 0.1) is 11.6 Å². The van der Waals surface area contributed by atoms with Crippen LogP contribution in [0, 0.1) is 13.8 Å². The van der Waals surface area contributed by atoms with Crippen molar-refractivity contribution in [3.8, 4) is 0 Å². The summed E-state index contributed by atoms with van der Waals surface area (Å²) in [5.41, 5.74) is 3.69. The molecule has 0 heterocycles. The highest BCUT2D eigenvalue weighted by Crippen LogP contribution is 2.17. The van der Waals surface area contributed by atoms with Crippen molar-refractivity contribution in [2.75, 3.05) is 0 Å². The van der Waals surface area contributed by atoms with Crippen LogP contribution in [0.1, 0.15) is 37.5 Å². The van der Waals surface area contributed by atoms with Crippen molar-refractivity contribution in [2.24, 2.45) is 0 Å². The lowest BCUT2D eigenvalue weighted by Gasteiger charge is -2.28. The van der Waals surface area contributed by atoms with Gasteiger partial charge < -0.3 is 10.4 Å². The van der Waals surface area contributed by atoms with E-state index in [-0.39, 0.29) is 6.04 Å². The van der Waals surface area contributed by atoms with Crippen LogP contribution >= 0.6 is 0 Å². The molecule has 0 fully saturated rings. The predicted molar refractivity (Wildman–Crippen MR) is 73.8 cm³/mol. The molecule has 2 nitrogen and oxygen atoms in total. The van der Waals surface area contributed by atoms with Crippen LogP contribution in [0.4, 0.5) is 0 Å². The van der Waals surface area contributed by atoms with Crippen LogP contribution in [0.2, 0.25) is 0 Å². The first-order chi connectivity index (χ1) is 7.71. The topological polar surface area (TPSA) is 32.3 Å². The Hall–Kier alpha value is -1.28. The molecule has 0 saturated carbocycles. The highest BCUT2D eigenvalue weighted by Gasteiger charge is 2.22. The molecule has 1 aromatic rings. The molecule has 17 heavy (non-hydrogen) atoms. The van der Waals surface area contributed by atoms with Gasteiger partial charge >= 0.3 is 0 Å². The monoisotopic (exact) mass is 233 g/mol. The zero-order valence-corrected chi connectivity index (χ0v) is 11.5. The first-order valence-electron chi connectivity index (χ1n) is 5.97. The van der Waals surface area contributed by atoms with E-state index in [2.05, 4.69) is 43.9 Å². The molecule has 1 rings (SSSR count). The van der Waals surface area contributed by atoms with Crippen molar-refractivity contribution in [3.05, 3.63) is 41.5 Å². The van der Waals surface area contributed by atoms with Gasteiger partial charge in [-0.15, -0.1) is 0 Å². The lowest BCUT2D eigenvalue weighted by atomic mass is 9.99. The summed E-state index contributed by atoms with van der Waals surface area (Å²) in [4.78, 5) is 0. The van der Waals surface area contributed by atoms with Gasteiger partial charge in [0.15, 0.2) is 0 Å². The molecule has 2 heteroatoms. The number of benzene rings is 1. The highest BCUT2D eigenvalue weighted by atomic mass is 16.3. The minimum Gasteiger partial charge on any atom is -0.388 e. The zero-order valence-electron chi connectivity index (χ0n) is 11.5. The summed E-state index contributed by atoms with van der Waals surface area (Å²) in [6.45, 7) is 13.7. The normalized spacial score (nSPS) is 13.3. The van der Waals surface area contributed by atoms with E-state index in [0.29, 0.717) is 0 Å². The van der Waals surface area contributed by atoms with E-state index < -0.39 is 5.60 Å². The quantitative estimate of drug-likeness (QED) is 0.838. The Balaban J connectivity index is 2.80. The van der Waals surface area contributed by atoms with Gasteiger partial charge in [-0.05, 0) is 57.4 Å². The van der Waals surface area contributed by atoms with Crippen LogP contribution in [0.25, 0.3) is 5.70 Å². The van der Waals surface area contributed by atoms with Crippen molar-refractivity contribution in [1.29, 1.82) is 0 Å². The molecule has 0 radical (unpaired) electrons. The lowest BCUT2D eigenvalue weighted by molar-refractivity contribution is 0.0503. The molecule has 2 N–H and O–H groups in total. The first kappa shape index (κ1) is 13.8. The lowest BCUT2D eigenvalue weighted by Crippen LogP contribution is -2.43. The molecule has 0 aliphatic heterocycles. The fourth-order valence-electron chi connectivity index (χ4n) is 1.45. The molecule has 1 atom stereocenters. The number of hydrogen-bond donors (Lipinski definition) is 2. The van der Waals surface area contributed by atoms with Gasteiger partial charge in [-0.1, -0.05) is 18.7 Å². The molecule has 1 aromatic carbocycles. The van der Waals surface area contributed by atoms with E-state index in [0.717, 1.165) is 11.3 Å². The Morgan fingerprint density at radius 2 is 1.88 bits per heavy atom. The Kier molecular flexibility index (Phi) is 3.99. The van der Waals surface area contributed by atoms with Crippen molar-refractivity contribution in [1.82, 2.24) is 5.32 Å². The van der Waals surface area contributed by atoms with Crippen molar-refractivity contribution in [3.63, 3.8) is 0 Å². The molecular formula is C15H23NO. The molecule has 0 aromatic heterocycles. The second-order valence-corrected chi connectivity index (χ2v) is 5.30. The summed E-state index contributed by atoms with van der Waals surface area (Å²) in [5, 5.41) is 13.1. The van der Waals surface area contributed by atoms with Gasteiger partial charge in [0.2, 0.25) is 0 Å². The number of nitrogens with one attached hydrogen (secondary N) is 1. The summed E-state index contributed by atoms with van der Waals surface area (Å²) < 4.78 is 0. The summed E-state index contributed by atoms with van der Waals surface area (Å²) in [6.07, 6.45) is 0. The van der Waals surface area contributed by atoms with Crippen molar-refractivity contribution in [2.45, 2.75) is 46.3 Å². The molecule has 0 amide bonds. The van der Waals surface area contributed by atoms with Crippen LogP contribution in [-0.4, -0.2) is 16.7 Å². The second kappa shape index (κ2) is 4.92. The molecule has 0 spiro atoms. The fraction of sp³-hybridized carbons (Fsp3) is 0.467. The number of rotatable bonds is 4. The third-order valence-electron chi connectivity index (χ3n) is 3.31. The molecule has 0 aliphatic carbocycles. The summed E-state index contributed by atoms with van der Waals surface area (Å²) in [7, 11) is 0. The van der Waals surface area contributed by atoms with E-state index in [1.165, 1.54) is 11.1 Å². The maximum absolute atomic E-state index is 9.88. The van der Waals surface area contributed by atoms with E-state index in [1.807, 2.05) is 6.92 Å². The Bertz CT molecular complexity index is 415. The summed E-state index contributed by atoms with van der Waals surface area (Å²) in [5.74, 6) is 0. The SMILES string of the molecule is C=C(NC(C)C(C)(C)O)c1ccc(C)c(C)c1. The second-order valence-electron chi connectivity index (χ2n) is 5.30. The third kappa shape index (κ3) is 3.60. The van der Waals surface area contributed by atoms with Gasteiger partial charge in [-0.25, -0.2) is 0 Å². The number of hydrogen-bond acceptors (Lipinski definition) is 2. The van der Waals surface area contributed by atoms with Crippen molar-refractivity contribution >= 4 is 5.70 Å². The van der Waals surface area contributed by atoms with Gasteiger partial charge in [0.25, 0.3) is 0 Å². The summed E-state index contributed by atoms with van der Waals surface area (Å²) in [6, 6.07) is 6.21. The van der Waals surface area contributed by atoms with Crippen LogP contribution < -0.4 is 5.32 Å². The van der Waals surface area contributed by atoms with E-state index in [9.17, 15) is 5.11 Å². The Morgan fingerprint density at radius 1 is 1.29 bits per heavy atom. The van der Waals surface area contributed by atoms with Gasteiger partial charge in [0, 0.05) is 5.70 Å². The van der Waals surface area contributed by atoms with E-state index in [1.54, 1.807) is 13.8 Å². The van der Waals surface area contributed by atoms with Crippen LogP contribution in [0.3, 0.4) is 0 Å². The van der Waals surface area contributed by atoms with Gasteiger partial charge in [-0.2, -0.15) is 0 Å². The van der Waals surface area contributed by atoms with Crippen molar-refractivity contribution < 1.29 is 5.11 Å². The predicted octanol–water partition coefficient (Wildman–Crippen LogP) is 3.02. The molecule has 0 bridgehead atoms. The molecule has 1 unspecified atom stereocenters. The number of aryl methyl sites for hydroxylation is 2. The fourth-order valence-corrected chi connectivity index (χ4v) is 1.45. The third-order valence-corrected chi connectivity index (χ3v) is 3.31. The van der Waals surface area contributed by atoms with Crippen LogP contribution in [0.15, 0.2) is 24.8 Å². The maximum Gasteiger partial charge on any atom is 0.0789 e. The zero-order chi connectivity index (χ0) is 13.2. The first-order valence-corrected chi connectivity index (χ1v) is 5.97. The summed E-state index contributed by atoms with van der Waals surface area (Å²) >= 11 is 0. The standard InChI is InChI=1S/C15H23NO/c1-10-7-8-14(9-11(10)2)12(3)16-13(4)15(5,6)17/h7-9,13,16-17H,3H2,1-2,4-6H3. The average molecular weight is 233 g/mol. The average Bonchev–Trinajstić information content (AvgIpc) is 2.20. The largest absolute Gasteiger partial charge is 0.388 e. The molecule has 94 valence electrons. The van der Waals surface area contributed by atoms with Gasteiger partial charge in [0.1, 0.15) is 0 Å².